The van der Waals surface area contributed by atoms with Crippen LogP contribution in [0.3, 0.4) is 0 Å². The molecule has 0 aromatic heterocycles. The van der Waals surface area contributed by atoms with Gasteiger partial charge in [-0.15, -0.1) is 0 Å². The predicted molar refractivity (Wildman–Crippen MR) is 66.8 cm³/mol. The molecule has 0 bridgehead atoms. The SMILES string of the molecule is O=C(O)/C(F)=C(F)/C(F)=C(\F)C(F)(F)C(F)(F)C(F)(F)C(F)(F)C(F)(F)C(F)(F)C(F)(F)C(F)(F)F. The Bertz CT molecular complexity index is 936. The third kappa shape index (κ3) is 4.30. The van der Waals surface area contributed by atoms with Crippen molar-refractivity contribution in [2.75, 3.05) is 0 Å². The van der Waals surface area contributed by atoms with Gasteiger partial charge >= 0.3 is 53.6 Å². The summed E-state index contributed by atoms with van der Waals surface area (Å²) >= 11 is 0. The highest BCUT2D eigenvalue weighted by atomic mass is 19.4. The van der Waals surface area contributed by atoms with Gasteiger partial charge in [-0.3, -0.25) is 0 Å². The second-order valence-corrected chi connectivity index (χ2v) is 6.08. The van der Waals surface area contributed by atoms with Gasteiger partial charge in [0.25, 0.3) is 0 Å². The van der Waals surface area contributed by atoms with E-state index >= 15 is 0 Å². The standard InChI is InChI=1S/C13HF21O2/c14-1(3(16)5(35)36)2(15)4(17)6(18,19)7(20,21)8(22,23)9(24,25)10(26,27)11(28,29)12(30,31)13(32,33)34/h(H,35,36)/b3-1+,4-2+. The molecule has 0 atom stereocenters. The summed E-state index contributed by atoms with van der Waals surface area (Å²) in [6, 6.07) is 0. The van der Waals surface area contributed by atoms with Crippen molar-refractivity contribution in [3.8, 4) is 0 Å². The van der Waals surface area contributed by atoms with Gasteiger partial charge in [0.1, 0.15) is 0 Å². The fourth-order valence-electron chi connectivity index (χ4n) is 1.73. The molecule has 0 fully saturated rings. The highest BCUT2D eigenvalue weighted by Gasteiger charge is 2.95. The zero-order chi connectivity index (χ0) is 29.9. The molecule has 0 rings (SSSR count). The Morgan fingerprint density at radius 1 is 0.417 bits per heavy atom. The maximum absolute atomic E-state index is 13.4. The largest absolute Gasteiger partial charge is 0.476 e. The molecule has 0 aliphatic carbocycles. The average molecular weight is 588 g/mol. The average Bonchev–Trinajstić information content (AvgIpc) is 2.69. The van der Waals surface area contributed by atoms with Crippen LogP contribution in [0.5, 0.6) is 0 Å². The number of hydrogen-bond donors (Lipinski definition) is 1. The Balaban J connectivity index is 7.15. The third-order valence-corrected chi connectivity index (χ3v) is 3.76. The number of alkyl halides is 17. The molecule has 0 radical (unpaired) electrons. The second kappa shape index (κ2) is 8.80. The van der Waals surface area contributed by atoms with Gasteiger partial charge in [-0.05, 0) is 0 Å². The molecule has 23 heteroatoms. The molecule has 2 nitrogen and oxygen atoms in total. The first kappa shape index (κ1) is 33.5. The Kier molecular flexibility index (Phi) is 8.18. The normalized spacial score (nSPS) is 17.0. The van der Waals surface area contributed by atoms with Crippen molar-refractivity contribution < 1.29 is 102 Å². The molecule has 36 heavy (non-hydrogen) atoms. The molecule has 1 N–H and O–H groups in total. The molecule has 0 heterocycles. The molecule has 0 spiro atoms. The Morgan fingerprint density at radius 2 is 0.694 bits per heavy atom. The van der Waals surface area contributed by atoms with E-state index in [4.69, 9.17) is 5.11 Å². The molecule has 0 saturated carbocycles. The van der Waals surface area contributed by atoms with Crippen molar-refractivity contribution in [1.82, 2.24) is 0 Å². The molecule has 0 unspecified atom stereocenters. The van der Waals surface area contributed by atoms with Crippen molar-refractivity contribution in [3.05, 3.63) is 23.3 Å². The van der Waals surface area contributed by atoms with Crippen LogP contribution in [0.4, 0.5) is 92.2 Å². The first-order chi connectivity index (χ1) is 15.3. The van der Waals surface area contributed by atoms with E-state index in [0.717, 1.165) is 0 Å². The second-order valence-electron chi connectivity index (χ2n) is 6.08. The van der Waals surface area contributed by atoms with Crippen LogP contribution in [0.15, 0.2) is 23.3 Å². The van der Waals surface area contributed by atoms with E-state index < -0.39 is 76.9 Å². The van der Waals surface area contributed by atoms with E-state index in [1.54, 1.807) is 0 Å². The summed E-state index contributed by atoms with van der Waals surface area (Å²) in [5, 5.41) is 7.84. The summed E-state index contributed by atoms with van der Waals surface area (Å²) in [6.07, 6.45) is -8.01. The molecule has 0 aromatic rings. The van der Waals surface area contributed by atoms with Gasteiger partial charge in [0, 0.05) is 0 Å². The van der Waals surface area contributed by atoms with Gasteiger partial charge in [0.05, 0.1) is 0 Å². The van der Waals surface area contributed by atoms with Crippen LogP contribution in [-0.2, 0) is 4.79 Å². The molecule has 0 amide bonds. The van der Waals surface area contributed by atoms with Gasteiger partial charge in [-0.2, -0.15) is 79.0 Å². The number of carbonyl (C=O) groups is 1. The van der Waals surface area contributed by atoms with E-state index in [-0.39, 0.29) is 0 Å². The van der Waals surface area contributed by atoms with Crippen LogP contribution in [0.1, 0.15) is 0 Å². The molecule has 0 aromatic carbocycles. The zero-order valence-electron chi connectivity index (χ0n) is 15.3. The minimum absolute atomic E-state index is 3.34. The summed E-state index contributed by atoms with van der Waals surface area (Å²) in [5.41, 5.74) is 0. The Labute approximate surface area is 180 Å². The summed E-state index contributed by atoms with van der Waals surface area (Å²) in [4.78, 5) is 9.93. The van der Waals surface area contributed by atoms with Crippen molar-refractivity contribution in [1.29, 1.82) is 0 Å². The van der Waals surface area contributed by atoms with Crippen molar-refractivity contribution >= 4 is 5.97 Å². The summed E-state index contributed by atoms with van der Waals surface area (Å²) < 4.78 is 272. The molecule has 0 aliphatic rings. The van der Waals surface area contributed by atoms with Crippen LogP contribution in [0.2, 0.25) is 0 Å². The lowest BCUT2D eigenvalue weighted by Gasteiger charge is -2.42. The minimum Gasteiger partial charge on any atom is -0.476 e. The van der Waals surface area contributed by atoms with Crippen LogP contribution in [-0.4, -0.2) is 58.7 Å². The lowest BCUT2D eigenvalue weighted by molar-refractivity contribution is -0.460. The van der Waals surface area contributed by atoms with Gasteiger partial charge in [-0.25, -0.2) is 18.0 Å². The number of aliphatic carboxylic acids is 1. The Hall–Kier alpha value is -2.52. The number of allylic oxidation sites excluding steroid dienone is 3. The maximum Gasteiger partial charge on any atom is 0.460 e. The maximum atomic E-state index is 13.4. The number of carboxylic acids is 1. The van der Waals surface area contributed by atoms with Gasteiger partial charge < -0.3 is 5.11 Å². The number of hydrogen-bond acceptors (Lipinski definition) is 1. The minimum atomic E-state index is -9.12. The van der Waals surface area contributed by atoms with E-state index in [9.17, 15) is 97.0 Å². The number of halogens is 21. The van der Waals surface area contributed by atoms with Crippen LogP contribution >= 0.6 is 0 Å². The highest BCUT2D eigenvalue weighted by Crippen LogP contribution is 2.64. The van der Waals surface area contributed by atoms with E-state index in [0.29, 0.717) is 0 Å². The summed E-state index contributed by atoms with van der Waals surface area (Å²) in [7, 11) is 0. The lowest BCUT2D eigenvalue weighted by Crippen LogP contribution is -2.74. The quantitative estimate of drug-likeness (QED) is 0.174. The molecular formula is C13HF21O2. The number of carboxylic acid groups (broad SMARTS) is 1. The monoisotopic (exact) mass is 588 g/mol. The van der Waals surface area contributed by atoms with E-state index in [1.807, 2.05) is 0 Å². The first-order valence-electron chi connectivity index (χ1n) is 7.40. The van der Waals surface area contributed by atoms with Crippen LogP contribution in [0, 0.1) is 0 Å². The molecule has 0 aliphatic heterocycles. The van der Waals surface area contributed by atoms with Crippen molar-refractivity contribution in [2.45, 2.75) is 47.6 Å². The third-order valence-electron chi connectivity index (χ3n) is 3.76. The van der Waals surface area contributed by atoms with Crippen LogP contribution < -0.4 is 0 Å². The topological polar surface area (TPSA) is 37.3 Å². The zero-order valence-corrected chi connectivity index (χ0v) is 15.3. The summed E-state index contributed by atoms with van der Waals surface area (Å²) in [5.74, 6) is -82.2. The summed E-state index contributed by atoms with van der Waals surface area (Å²) in [6.45, 7) is 0. The first-order valence-corrected chi connectivity index (χ1v) is 7.40. The van der Waals surface area contributed by atoms with E-state index in [1.165, 1.54) is 0 Å². The number of rotatable bonds is 9. The van der Waals surface area contributed by atoms with Gasteiger partial charge in [0.2, 0.25) is 17.5 Å². The van der Waals surface area contributed by atoms with Gasteiger partial charge in [0.15, 0.2) is 5.83 Å². The Morgan fingerprint density at radius 3 is 0.972 bits per heavy atom. The van der Waals surface area contributed by atoms with Crippen molar-refractivity contribution in [3.63, 3.8) is 0 Å². The van der Waals surface area contributed by atoms with Crippen molar-refractivity contribution in [2.24, 2.45) is 0 Å². The fraction of sp³-hybridized carbons (Fsp3) is 0.615. The molecule has 0 saturated heterocycles. The fourth-order valence-corrected chi connectivity index (χ4v) is 1.73. The van der Waals surface area contributed by atoms with Gasteiger partial charge in [-0.1, -0.05) is 0 Å². The smallest absolute Gasteiger partial charge is 0.460 e. The highest BCUT2D eigenvalue weighted by molar-refractivity contribution is 5.85. The molecule has 212 valence electrons. The lowest BCUT2D eigenvalue weighted by atomic mass is 9.88. The predicted octanol–water partition coefficient (Wildman–Crippen LogP) is 7.38. The molecular weight excluding hydrogens is 587 g/mol. The van der Waals surface area contributed by atoms with Crippen LogP contribution in [0.25, 0.3) is 0 Å². The van der Waals surface area contributed by atoms with E-state index in [2.05, 4.69) is 0 Å².